The fraction of sp³-hybridized carbons (Fsp3) is 1.00. The van der Waals surface area contributed by atoms with Gasteiger partial charge in [-0.2, -0.15) is 0 Å². The van der Waals surface area contributed by atoms with Gasteiger partial charge in [-0.05, 0) is 26.8 Å². The lowest BCUT2D eigenvalue weighted by Crippen LogP contribution is -2.39. The van der Waals surface area contributed by atoms with Gasteiger partial charge in [-0.1, -0.05) is 26.2 Å². The molecule has 0 fully saturated rings. The summed E-state index contributed by atoms with van der Waals surface area (Å²) in [6.07, 6.45) is 4.99. The van der Waals surface area contributed by atoms with Gasteiger partial charge >= 0.3 is 0 Å². The van der Waals surface area contributed by atoms with Crippen molar-refractivity contribution in [1.29, 1.82) is 0 Å². The van der Waals surface area contributed by atoms with Gasteiger partial charge in [0.25, 0.3) is 0 Å². The van der Waals surface area contributed by atoms with Crippen LogP contribution in [0.5, 0.6) is 0 Å². The SMILES string of the molecule is CCCCCCNC(C)(C)O. The van der Waals surface area contributed by atoms with Gasteiger partial charge in [0.15, 0.2) is 0 Å². The van der Waals surface area contributed by atoms with Crippen LogP contribution in [0.4, 0.5) is 0 Å². The predicted octanol–water partition coefficient (Wildman–Crippen LogP) is 1.88. The summed E-state index contributed by atoms with van der Waals surface area (Å²) in [6.45, 7) is 6.66. The molecule has 2 nitrogen and oxygen atoms in total. The van der Waals surface area contributed by atoms with Crippen LogP contribution in [0.25, 0.3) is 0 Å². The lowest BCUT2D eigenvalue weighted by atomic mass is 10.2. The average Bonchev–Trinajstić information content (AvgIpc) is 1.85. The second kappa shape index (κ2) is 5.56. The van der Waals surface area contributed by atoms with Crippen molar-refractivity contribution in [2.45, 2.75) is 52.2 Å². The zero-order valence-electron chi connectivity index (χ0n) is 7.98. The van der Waals surface area contributed by atoms with Gasteiger partial charge in [0.1, 0.15) is 5.72 Å². The van der Waals surface area contributed by atoms with Crippen LogP contribution in [0.3, 0.4) is 0 Å². The summed E-state index contributed by atoms with van der Waals surface area (Å²) in [4.78, 5) is 0. The van der Waals surface area contributed by atoms with Crippen molar-refractivity contribution >= 4 is 0 Å². The largest absolute Gasteiger partial charge is 0.376 e. The Hall–Kier alpha value is -0.0800. The Labute approximate surface area is 70.0 Å². The van der Waals surface area contributed by atoms with E-state index in [4.69, 9.17) is 0 Å². The Morgan fingerprint density at radius 2 is 1.82 bits per heavy atom. The van der Waals surface area contributed by atoms with Crippen LogP contribution in [0.2, 0.25) is 0 Å². The summed E-state index contributed by atoms with van der Waals surface area (Å²) in [6, 6.07) is 0. The maximum Gasteiger partial charge on any atom is 0.110 e. The average molecular weight is 159 g/mol. The monoisotopic (exact) mass is 159 g/mol. The molecule has 0 spiro atoms. The molecular formula is C9H21NO. The molecule has 0 aliphatic carbocycles. The minimum absolute atomic E-state index is 0.702. The molecule has 0 aliphatic heterocycles. The Morgan fingerprint density at radius 3 is 2.27 bits per heavy atom. The van der Waals surface area contributed by atoms with Crippen molar-refractivity contribution in [2.24, 2.45) is 0 Å². The predicted molar refractivity (Wildman–Crippen MR) is 48.4 cm³/mol. The number of aliphatic hydroxyl groups is 1. The fourth-order valence-electron chi connectivity index (χ4n) is 0.946. The molecule has 0 atom stereocenters. The van der Waals surface area contributed by atoms with Gasteiger partial charge in [0.05, 0.1) is 0 Å². The van der Waals surface area contributed by atoms with Gasteiger partial charge in [-0.3, -0.25) is 5.32 Å². The third-order valence-corrected chi connectivity index (χ3v) is 1.59. The van der Waals surface area contributed by atoms with Crippen molar-refractivity contribution in [3.8, 4) is 0 Å². The molecule has 0 bridgehead atoms. The van der Waals surface area contributed by atoms with E-state index in [1.54, 1.807) is 13.8 Å². The minimum Gasteiger partial charge on any atom is -0.376 e. The van der Waals surface area contributed by atoms with E-state index in [-0.39, 0.29) is 0 Å². The first-order chi connectivity index (χ1) is 5.06. The maximum absolute atomic E-state index is 9.26. The number of hydrogen-bond donors (Lipinski definition) is 2. The standard InChI is InChI=1S/C9H21NO/c1-4-5-6-7-8-10-9(2,3)11/h10-11H,4-8H2,1-3H3. The van der Waals surface area contributed by atoms with Gasteiger partial charge in [-0.25, -0.2) is 0 Å². The molecule has 0 saturated carbocycles. The van der Waals surface area contributed by atoms with E-state index in [1.165, 1.54) is 19.3 Å². The highest BCUT2D eigenvalue weighted by Crippen LogP contribution is 1.99. The number of nitrogens with one attached hydrogen (secondary N) is 1. The van der Waals surface area contributed by atoms with E-state index in [9.17, 15) is 5.11 Å². The molecular weight excluding hydrogens is 138 g/mol. The molecule has 0 heterocycles. The lowest BCUT2D eigenvalue weighted by molar-refractivity contribution is 0.0435. The quantitative estimate of drug-likeness (QED) is 0.458. The number of rotatable bonds is 6. The Balaban J connectivity index is 3.02. The van der Waals surface area contributed by atoms with E-state index in [0.717, 1.165) is 13.0 Å². The summed E-state index contributed by atoms with van der Waals surface area (Å²) in [5, 5.41) is 12.3. The third kappa shape index (κ3) is 9.92. The molecule has 68 valence electrons. The molecule has 0 radical (unpaired) electrons. The smallest absolute Gasteiger partial charge is 0.110 e. The van der Waals surface area contributed by atoms with Crippen molar-refractivity contribution in [2.75, 3.05) is 6.54 Å². The van der Waals surface area contributed by atoms with Gasteiger partial charge in [0.2, 0.25) is 0 Å². The summed E-state index contributed by atoms with van der Waals surface area (Å²) >= 11 is 0. The minimum atomic E-state index is -0.702. The maximum atomic E-state index is 9.26. The van der Waals surface area contributed by atoms with E-state index in [0.29, 0.717) is 0 Å². The summed E-state index contributed by atoms with van der Waals surface area (Å²) in [5.74, 6) is 0. The zero-order chi connectivity index (χ0) is 8.74. The summed E-state index contributed by atoms with van der Waals surface area (Å²) < 4.78 is 0. The molecule has 0 aromatic rings. The van der Waals surface area contributed by atoms with Gasteiger partial charge in [-0.15, -0.1) is 0 Å². The molecule has 0 aliphatic rings. The molecule has 2 N–H and O–H groups in total. The highest BCUT2D eigenvalue weighted by Gasteiger charge is 2.08. The molecule has 11 heavy (non-hydrogen) atoms. The highest BCUT2D eigenvalue weighted by molar-refractivity contribution is 4.60. The number of unbranched alkanes of at least 4 members (excludes halogenated alkanes) is 3. The molecule has 2 heteroatoms. The lowest BCUT2D eigenvalue weighted by Gasteiger charge is -2.18. The third-order valence-electron chi connectivity index (χ3n) is 1.59. The van der Waals surface area contributed by atoms with Crippen LogP contribution in [0, 0.1) is 0 Å². The van der Waals surface area contributed by atoms with Crippen molar-refractivity contribution in [3.63, 3.8) is 0 Å². The topological polar surface area (TPSA) is 32.3 Å². The summed E-state index contributed by atoms with van der Waals surface area (Å²) in [5.41, 5.74) is -0.702. The fourth-order valence-corrected chi connectivity index (χ4v) is 0.946. The van der Waals surface area contributed by atoms with Gasteiger partial charge in [0, 0.05) is 0 Å². The van der Waals surface area contributed by atoms with Crippen molar-refractivity contribution < 1.29 is 5.11 Å². The van der Waals surface area contributed by atoms with Crippen molar-refractivity contribution in [3.05, 3.63) is 0 Å². The van der Waals surface area contributed by atoms with E-state index in [2.05, 4.69) is 12.2 Å². The van der Waals surface area contributed by atoms with Crippen LogP contribution < -0.4 is 5.32 Å². The Kier molecular flexibility index (Phi) is 5.51. The molecule has 0 aromatic carbocycles. The first kappa shape index (κ1) is 10.9. The van der Waals surface area contributed by atoms with E-state index in [1.807, 2.05) is 0 Å². The van der Waals surface area contributed by atoms with Crippen LogP contribution >= 0.6 is 0 Å². The van der Waals surface area contributed by atoms with Gasteiger partial charge < -0.3 is 5.11 Å². The van der Waals surface area contributed by atoms with Crippen LogP contribution in [-0.4, -0.2) is 17.4 Å². The van der Waals surface area contributed by atoms with E-state index < -0.39 is 5.72 Å². The summed E-state index contributed by atoms with van der Waals surface area (Å²) in [7, 11) is 0. The zero-order valence-corrected chi connectivity index (χ0v) is 7.98. The Morgan fingerprint density at radius 1 is 1.18 bits per heavy atom. The van der Waals surface area contributed by atoms with Crippen LogP contribution in [-0.2, 0) is 0 Å². The molecule has 0 unspecified atom stereocenters. The first-order valence-corrected chi connectivity index (χ1v) is 4.53. The number of hydrogen-bond acceptors (Lipinski definition) is 2. The van der Waals surface area contributed by atoms with Crippen LogP contribution in [0.1, 0.15) is 46.5 Å². The highest BCUT2D eigenvalue weighted by atomic mass is 16.3. The van der Waals surface area contributed by atoms with E-state index >= 15 is 0 Å². The molecule has 0 saturated heterocycles. The molecule has 0 aromatic heterocycles. The van der Waals surface area contributed by atoms with Crippen LogP contribution in [0.15, 0.2) is 0 Å². The molecule has 0 rings (SSSR count). The first-order valence-electron chi connectivity index (χ1n) is 4.53. The molecule has 0 amide bonds. The normalized spacial score (nSPS) is 12.0. The second-order valence-corrected chi connectivity index (χ2v) is 3.55. The Bertz CT molecular complexity index is 86.1. The van der Waals surface area contributed by atoms with Crippen molar-refractivity contribution in [1.82, 2.24) is 5.32 Å². The second-order valence-electron chi connectivity index (χ2n) is 3.55.